The number of carbonyl (C=O) groups excluding carboxylic acids is 3. The standard InChI is InChI=1S/C20H28N4O3/c1-2-9-23-14-17(13-18(23)25)21-20(27)24-12-11-22(19(26)15-24)10-8-16-6-4-3-5-7-16/h3-7,17H,2,8-15H2,1H3,(H,21,27)/t17-/m0/s1. The first-order chi connectivity index (χ1) is 13.1. The Bertz CT molecular complexity index is 679. The van der Waals surface area contributed by atoms with Crippen LogP contribution in [0, 0.1) is 0 Å². The number of nitrogens with zero attached hydrogens (tertiary/aromatic N) is 3. The van der Waals surface area contributed by atoms with Crippen LogP contribution in [-0.2, 0) is 16.0 Å². The van der Waals surface area contributed by atoms with Crippen molar-refractivity contribution in [2.75, 3.05) is 39.3 Å². The van der Waals surface area contributed by atoms with Crippen LogP contribution in [0.3, 0.4) is 0 Å². The van der Waals surface area contributed by atoms with Crippen molar-refractivity contribution in [2.24, 2.45) is 0 Å². The zero-order chi connectivity index (χ0) is 19.2. The molecule has 0 radical (unpaired) electrons. The highest BCUT2D eigenvalue weighted by Gasteiger charge is 2.33. The first-order valence-corrected chi connectivity index (χ1v) is 9.71. The molecule has 0 spiro atoms. The van der Waals surface area contributed by atoms with E-state index in [9.17, 15) is 14.4 Å². The average molecular weight is 372 g/mol. The van der Waals surface area contributed by atoms with Crippen LogP contribution >= 0.6 is 0 Å². The normalized spacial score (nSPS) is 20.3. The molecule has 0 saturated carbocycles. The summed E-state index contributed by atoms with van der Waals surface area (Å²) >= 11 is 0. The Labute approximate surface area is 160 Å². The van der Waals surface area contributed by atoms with Gasteiger partial charge in [-0.05, 0) is 18.4 Å². The maximum atomic E-state index is 12.5. The van der Waals surface area contributed by atoms with E-state index in [4.69, 9.17) is 0 Å². The SMILES string of the molecule is CCCN1C[C@@H](NC(=O)N2CCN(CCc3ccccc3)C(=O)C2)CC1=O. The molecule has 2 aliphatic rings. The second kappa shape index (κ2) is 8.88. The van der Waals surface area contributed by atoms with E-state index in [0.717, 1.165) is 19.4 Å². The third kappa shape index (κ3) is 4.99. The highest BCUT2D eigenvalue weighted by molar-refractivity contribution is 5.86. The number of hydrogen-bond donors (Lipinski definition) is 1. The van der Waals surface area contributed by atoms with Gasteiger partial charge in [-0.15, -0.1) is 0 Å². The minimum atomic E-state index is -0.248. The van der Waals surface area contributed by atoms with E-state index in [0.29, 0.717) is 32.6 Å². The molecule has 4 amide bonds. The Morgan fingerprint density at radius 3 is 2.56 bits per heavy atom. The Morgan fingerprint density at radius 2 is 1.85 bits per heavy atom. The number of hydrogen-bond acceptors (Lipinski definition) is 3. The van der Waals surface area contributed by atoms with Crippen LogP contribution in [0.5, 0.6) is 0 Å². The Kier molecular flexibility index (Phi) is 6.32. The van der Waals surface area contributed by atoms with Crippen molar-refractivity contribution in [3.05, 3.63) is 35.9 Å². The lowest BCUT2D eigenvalue weighted by Crippen LogP contribution is -2.56. The van der Waals surface area contributed by atoms with Gasteiger partial charge in [-0.25, -0.2) is 4.79 Å². The molecule has 7 nitrogen and oxygen atoms in total. The number of amides is 4. The van der Waals surface area contributed by atoms with Gasteiger partial charge in [0.25, 0.3) is 0 Å². The largest absolute Gasteiger partial charge is 0.341 e. The second-order valence-corrected chi connectivity index (χ2v) is 7.23. The van der Waals surface area contributed by atoms with Crippen molar-refractivity contribution in [3.63, 3.8) is 0 Å². The molecular formula is C20H28N4O3. The van der Waals surface area contributed by atoms with Crippen molar-refractivity contribution in [3.8, 4) is 0 Å². The smallest absolute Gasteiger partial charge is 0.318 e. The summed E-state index contributed by atoms with van der Waals surface area (Å²) < 4.78 is 0. The number of benzene rings is 1. The van der Waals surface area contributed by atoms with Crippen molar-refractivity contribution < 1.29 is 14.4 Å². The van der Waals surface area contributed by atoms with Gasteiger partial charge in [0.1, 0.15) is 6.54 Å². The van der Waals surface area contributed by atoms with E-state index in [1.165, 1.54) is 5.56 Å². The van der Waals surface area contributed by atoms with Crippen LogP contribution in [0.2, 0.25) is 0 Å². The molecule has 1 aromatic carbocycles. The lowest BCUT2D eigenvalue weighted by Gasteiger charge is -2.34. The summed E-state index contributed by atoms with van der Waals surface area (Å²) in [7, 11) is 0. The van der Waals surface area contributed by atoms with E-state index < -0.39 is 0 Å². The summed E-state index contributed by atoms with van der Waals surface area (Å²) in [5.74, 6) is 0.0615. The quantitative estimate of drug-likeness (QED) is 0.813. The van der Waals surface area contributed by atoms with Gasteiger partial charge in [-0.3, -0.25) is 9.59 Å². The van der Waals surface area contributed by atoms with Gasteiger partial charge in [0.15, 0.2) is 0 Å². The number of carbonyl (C=O) groups is 3. The molecule has 2 aliphatic heterocycles. The zero-order valence-corrected chi connectivity index (χ0v) is 15.9. The summed E-state index contributed by atoms with van der Waals surface area (Å²) in [5, 5.41) is 2.91. The van der Waals surface area contributed by atoms with Crippen molar-refractivity contribution in [2.45, 2.75) is 32.2 Å². The molecule has 0 bridgehead atoms. The molecule has 2 heterocycles. The third-order valence-corrected chi connectivity index (χ3v) is 5.15. The average Bonchev–Trinajstić information content (AvgIpc) is 3.01. The number of urea groups is 1. The molecule has 7 heteroatoms. The van der Waals surface area contributed by atoms with Crippen LogP contribution in [0.1, 0.15) is 25.3 Å². The molecule has 0 aliphatic carbocycles. The fourth-order valence-electron chi connectivity index (χ4n) is 3.65. The fraction of sp³-hybridized carbons (Fsp3) is 0.550. The predicted molar refractivity (Wildman–Crippen MR) is 102 cm³/mol. The minimum Gasteiger partial charge on any atom is -0.341 e. The van der Waals surface area contributed by atoms with Gasteiger partial charge < -0.3 is 20.0 Å². The number of likely N-dealkylation sites (tertiary alicyclic amines) is 1. The van der Waals surface area contributed by atoms with E-state index in [1.54, 1.807) is 9.80 Å². The Balaban J connectivity index is 1.44. The lowest BCUT2D eigenvalue weighted by atomic mass is 10.1. The molecule has 1 aromatic rings. The highest BCUT2D eigenvalue weighted by atomic mass is 16.2. The zero-order valence-electron chi connectivity index (χ0n) is 15.9. The van der Waals surface area contributed by atoms with Crippen LogP contribution in [0.15, 0.2) is 30.3 Å². The van der Waals surface area contributed by atoms with Gasteiger partial charge in [0.05, 0.1) is 6.04 Å². The van der Waals surface area contributed by atoms with E-state index in [-0.39, 0.29) is 30.4 Å². The summed E-state index contributed by atoms with van der Waals surface area (Å²) in [6, 6.07) is 9.66. The number of rotatable bonds is 6. The topological polar surface area (TPSA) is 73.0 Å². The molecule has 2 fully saturated rings. The van der Waals surface area contributed by atoms with E-state index >= 15 is 0 Å². The maximum absolute atomic E-state index is 12.5. The Hall–Kier alpha value is -2.57. The maximum Gasteiger partial charge on any atom is 0.318 e. The van der Waals surface area contributed by atoms with E-state index in [2.05, 4.69) is 17.4 Å². The highest BCUT2D eigenvalue weighted by Crippen LogP contribution is 2.13. The third-order valence-electron chi connectivity index (χ3n) is 5.15. The molecule has 1 atom stereocenters. The monoisotopic (exact) mass is 372 g/mol. The second-order valence-electron chi connectivity index (χ2n) is 7.23. The van der Waals surface area contributed by atoms with Crippen molar-refractivity contribution in [1.29, 1.82) is 0 Å². The predicted octanol–water partition coefficient (Wildman–Crippen LogP) is 1.09. The van der Waals surface area contributed by atoms with E-state index in [1.807, 2.05) is 30.0 Å². The summed E-state index contributed by atoms with van der Waals surface area (Å²) in [6.45, 7) is 5.15. The summed E-state index contributed by atoms with van der Waals surface area (Å²) in [4.78, 5) is 41.9. The van der Waals surface area contributed by atoms with Gasteiger partial charge in [-0.2, -0.15) is 0 Å². The molecule has 0 unspecified atom stereocenters. The number of piperazine rings is 1. The van der Waals surface area contributed by atoms with Crippen LogP contribution in [0.4, 0.5) is 4.79 Å². The van der Waals surface area contributed by atoms with Crippen LogP contribution < -0.4 is 5.32 Å². The van der Waals surface area contributed by atoms with Crippen molar-refractivity contribution in [1.82, 2.24) is 20.0 Å². The fourth-order valence-corrected chi connectivity index (χ4v) is 3.65. The van der Waals surface area contributed by atoms with Gasteiger partial charge in [-0.1, -0.05) is 37.3 Å². The van der Waals surface area contributed by atoms with Crippen molar-refractivity contribution >= 4 is 17.8 Å². The molecule has 2 saturated heterocycles. The Morgan fingerprint density at radius 1 is 1.07 bits per heavy atom. The van der Waals surface area contributed by atoms with Gasteiger partial charge in [0, 0.05) is 39.1 Å². The summed E-state index contributed by atoms with van der Waals surface area (Å²) in [5.41, 5.74) is 1.20. The van der Waals surface area contributed by atoms with Crippen LogP contribution in [-0.4, -0.2) is 77.9 Å². The molecule has 3 rings (SSSR count). The van der Waals surface area contributed by atoms with Gasteiger partial charge in [0.2, 0.25) is 11.8 Å². The molecule has 0 aromatic heterocycles. The first-order valence-electron chi connectivity index (χ1n) is 9.71. The molecule has 1 N–H and O–H groups in total. The number of nitrogens with one attached hydrogen (secondary N) is 1. The molecule has 146 valence electrons. The van der Waals surface area contributed by atoms with Gasteiger partial charge >= 0.3 is 6.03 Å². The molecule has 27 heavy (non-hydrogen) atoms. The molecular weight excluding hydrogens is 344 g/mol. The lowest BCUT2D eigenvalue weighted by molar-refractivity contribution is -0.134. The first kappa shape index (κ1) is 19.2. The summed E-state index contributed by atoms with van der Waals surface area (Å²) in [6.07, 6.45) is 2.07. The van der Waals surface area contributed by atoms with Crippen LogP contribution in [0.25, 0.3) is 0 Å². The minimum absolute atomic E-state index is 0.0255.